The van der Waals surface area contributed by atoms with Crippen LogP contribution in [0.4, 0.5) is 8.78 Å². The summed E-state index contributed by atoms with van der Waals surface area (Å²) < 4.78 is 46.1. The van der Waals surface area contributed by atoms with Crippen LogP contribution in [0.2, 0.25) is 10.0 Å². The molecule has 3 aromatic carbocycles. The van der Waals surface area contributed by atoms with Crippen molar-refractivity contribution in [1.82, 2.24) is 15.2 Å². The summed E-state index contributed by atoms with van der Waals surface area (Å²) in [6.45, 7) is 2.59. The second-order valence-corrected chi connectivity index (χ2v) is 15.2. The van der Waals surface area contributed by atoms with E-state index in [1.165, 1.54) is 6.20 Å². The van der Waals surface area contributed by atoms with Gasteiger partial charge in [0, 0.05) is 80.2 Å². The number of aliphatic hydroxyl groups is 1. The van der Waals surface area contributed by atoms with Crippen molar-refractivity contribution in [2.75, 3.05) is 26.2 Å². The molecule has 3 atom stereocenters. The van der Waals surface area contributed by atoms with Gasteiger partial charge < -0.3 is 29.5 Å². The van der Waals surface area contributed by atoms with E-state index in [-0.39, 0.29) is 37.7 Å². The smallest absolute Gasteiger partial charge is 0.250 e. The Morgan fingerprint density at radius 2 is 1.78 bits per heavy atom. The molecule has 0 radical (unpaired) electrons. The van der Waals surface area contributed by atoms with Crippen molar-refractivity contribution in [1.29, 1.82) is 5.26 Å². The van der Waals surface area contributed by atoms with Crippen molar-refractivity contribution in [3.63, 3.8) is 0 Å². The van der Waals surface area contributed by atoms with E-state index in [2.05, 4.69) is 33.4 Å². The minimum atomic E-state index is -2.55. The molecule has 2 heterocycles. The summed E-state index contributed by atoms with van der Waals surface area (Å²) in [5, 5.41) is 24.2. The number of alkyl halides is 2. The molecule has 54 heavy (non-hydrogen) atoms. The SMILES string of the molecule is N#Cc1cncc(COc2cc(O[C@H]3CCc4c(-c5cccc(OCCCN6CCC(F)(F)CC6)c5Cl)cccc43)c(Cl)cc2CN[C@H]2CCC[C@H]2O)c1. The second-order valence-electron chi connectivity index (χ2n) is 14.4. The third-order valence-electron chi connectivity index (χ3n) is 10.7. The predicted octanol–water partition coefficient (Wildman–Crippen LogP) is 9.08. The molecule has 284 valence electrons. The van der Waals surface area contributed by atoms with Crippen LogP contribution in [0.15, 0.2) is 67.0 Å². The zero-order valence-corrected chi connectivity index (χ0v) is 31.5. The third kappa shape index (κ3) is 9.10. The van der Waals surface area contributed by atoms with Crippen LogP contribution in [0.25, 0.3) is 11.1 Å². The maximum absolute atomic E-state index is 13.5. The van der Waals surface area contributed by atoms with Gasteiger partial charge in [-0.25, -0.2) is 8.78 Å². The van der Waals surface area contributed by atoms with Gasteiger partial charge in [0.05, 0.1) is 28.3 Å². The summed E-state index contributed by atoms with van der Waals surface area (Å²) in [7, 11) is 0. The summed E-state index contributed by atoms with van der Waals surface area (Å²) in [5.41, 5.74) is 6.14. The molecule has 1 saturated carbocycles. The Hall–Kier alpha value is -3.98. The monoisotopic (exact) mass is 776 g/mol. The molecular formula is C42H44Cl2F2N4O4. The molecule has 3 aliphatic rings. The first-order chi connectivity index (χ1) is 26.2. The quantitative estimate of drug-likeness (QED) is 0.123. The third-order valence-corrected chi connectivity index (χ3v) is 11.4. The van der Waals surface area contributed by atoms with Gasteiger partial charge in [0.1, 0.15) is 36.0 Å². The Balaban J connectivity index is 1.06. The normalized spacial score (nSPS) is 20.7. The van der Waals surface area contributed by atoms with Crippen molar-refractivity contribution in [2.45, 2.75) is 88.7 Å². The Bertz CT molecular complexity index is 1980. The second kappa shape index (κ2) is 17.2. The van der Waals surface area contributed by atoms with Crippen molar-refractivity contribution in [3.05, 3.63) is 105 Å². The molecule has 1 saturated heterocycles. The molecule has 0 amide bonds. The first kappa shape index (κ1) is 38.3. The van der Waals surface area contributed by atoms with E-state index in [0.29, 0.717) is 72.1 Å². The van der Waals surface area contributed by atoms with Gasteiger partial charge in [-0.1, -0.05) is 53.5 Å². The number of fused-ring (bicyclic) bond motifs is 1. The lowest BCUT2D eigenvalue weighted by molar-refractivity contribution is -0.0554. The molecular weight excluding hydrogens is 733 g/mol. The van der Waals surface area contributed by atoms with Gasteiger partial charge in [0.2, 0.25) is 0 Å². The van der Waals surface area contributed by atoms with Gasteiger partial charge in [-0.3, -0.25) is 4.98 Å². The number of pyridine rings is 1. The molecule has 7 rings (SSSR count). The number of ether oxygens (including phenoxy) is 3. The summed E-state index contributed by atoms with van der Waals surface area (Å²) >= 11 is 13.9. The average Bonchev–Trinajstić information content (AvgIpc) is 3.79. The zero-order valence-electron chi connectivity index (χ0n) is 30.0. The topological polar surface area (TPSA) is 99.9 Å². The summed E-state index contributed by atoms with van der Waals surface area (Å²) in [6.07, 6.45) is 7.25. The Morgan fingerprint density at radius 3 is 2.57 bits per heavy atom. The van der Waals surface area contributed by atoms with E-state index in [4.69, 9.17) is 37.4 Å². The number of nitrogens with one attached hydrogen (secondary N) is 1. The number of nitriles is 1. The number of halogens is 4. The molecule has 1 aliphatic heterocycles. The number of likely N-dealkylation sites (tertiary alicyclic amines) is 1. The number of rotatable bonds is 14. The Morgan fingerprint density at radius 1 is 0.963 bits per heavy atom. The lowest BCUT2D eigenvalue weighted by Gasteiger charge is -2.31. The van der Waals surface area contributed by atoms with Crippen LogP contribution in [-0.4, -0.2) is 59.3 Å². The highest BCUT2D eigenvalue weighted by atomic mass is 35.5. The molecule has 0 unspecified atom stereocenters. The molecule has 1 aromatic heterocycles. The Kier molecular flexibility index (Phi) is 12.2. The van der Waals surface area contributed by atoms with Gasteiger partial charge in [-0.15, -0.1) is 0 Å². The minimum absolute atomic E-state index is 0.000964. The number of aliphatic hydroxyl groups excluding tert-OH is 1. The minimum Gasteiger partial charge on any atom is -0.492 e. The van der Waals surface area contributed by atoms with Crippen LogP contribution < -0.4 is 19.5 Å². The van der Waals surface area contributed by atoms with E-state index in [1.54, 1.807) is 12.3 Å². The molecule has 2 aliphatic carbocycles. The largest absolute Gasteiger partial charge is 0.492 e. The molecule has 0 spiro atoms. The van der Waals surface area contributed by atoms with Crippen LogP contribution in [-0.2, 0) is 19.6 Å². The molecule has 12 heteroatoms. The van der Waals surface area contributed by atoms with E-state index in [0.717, 1.165) is 65.5 Å². The number of benzene rings is 3. The Labute approximate surface area is 325 Å². The van der Waals surface area contributed by atoms with Gasteiger partial charge in [0.15, 0.2) is 0 Å². The van der Waals surface area contributed by atoms with E-state index in [9.17, 15) is 19.1 Å². The van der Waals surface area contributed by atoms with Crippen LogP contribution >= 0.6 is 23.2 Å². The molecule has 2 N–H and O–H groups in total. The fourth-order valence-corrected chi connectivity index (χ4v) is 8.21. The van der Waals surface area contributed by atoms with Crippen molar-refractivity contribution in [2.24, 2.45) is 0 Å². The van der Waals surface area contributed by atoms with Crippen LogP contribution in [0.1, 0.15) is 78.9 Å². The number of hydrogen-bond donors (Lipinski definition) is 2. The molecule has 0 bridgehead atoms. The number of hydrogen-bond acceptors (Lipinski definition) is 8. The predicted molar refractivity (Wildman–Crippen MR) is 205 cm³/mol. The lowest BCUT2D eigenvalue weighted by Crippen LogP contribution is -2.40. The summed E-state index contributed by atoms with van der Waals surface area (Å²) in [4.78, 5) is 6.22. The summed E-state index contributed by atoms with van der Waals surface area (Å²) in [6, 6.07) is 19.5. The molecule has 4 aromatic rings. The highest BCUT2D eigenvalue weighted by Crippen LogP contribution is 2.45. The van der Waals surface area contributed by atoms with Gasteiger partial charge in [-0.05, 0) is 73.4 Å². The fourth-order valence-electron chi connectivity index (χ4n) is 7.70. The van der Waals surface area contributed by atoms with Crippen molar-refractivity contribution in [3.8, 4) is 34.4 Å². The van der Waals surface area contributed by atoms with Crippen LogP contribution in [0, 0.1) is 11.3 Å². The average molecular weight is 778 g/mol. The van der Waals surface area contributed by atoms with Crippen molar-refractivity contribution >= 4 is 23.2 Å². The maximum atomic E-state index is 13.5. The lowest BCUT2D eigenvalue weighted by atomic mass is 9.96. The standard InChI is InChI=1S/C42H44Cl2F2N4O4/c43-34-20-29(25-49-35-8-3-9-36(35)51)39(53-26-28-19-27(22-47)23-48-24-28)21-40(34)54-37-12-11-31-30(5-1-6-32(31)37)33-7-2-10-38(41(33)44)52-18-4-15-50-16-13-42(45,46)14-17-50/h1-2,5-7,10,19-21,23-24,35-37,49,51H,3-4,8-9,11-18,25-26H2/t35-,36+,37-/m0/s1. The summed E-state index contributed by atoms with van der Waals surface area (Å²) in [5.74, 6) is -0.874. The maximum Gasteiger partial charge on any atom is 0.250 e. The van der Waals surface area contributed by atoms with E-state index < -0.39 is 5.92 Å². The van der Waals surface area contributed by atoms with Crippen LogP contribution in [0.5, 0.6) is 17.2 Å². The first-order valence-corrected chi connectivity index (χ1v) is 19.4. The van der Waals surface area contributed by atoms with Gasteiger partial charge >= 0.3 is 0 Å². The van der Waals surface area contributed by atoms with Gasteiger partial charge in [0.25, 0.3) is 5.92 Å². The van der Waals surface area contributed by atoms with Gasteiger partial charge in [-0.2, -0.15) is 5.26 Å². The first-order valence-electron chi connectivity index (χ1n) is 18.7. The highest BCUT2D eigenvalue weighted by Gasteiger charge is 2.34. The molecule has 8 nitrogen and oxygen atoms in total. The highest BCUT2D eigenvalue weighted by molar-refractivity contribution is 6.35. The van der Waals surface area contributed by atoms with Crippen LogP contribution in [0.3, 0.4) is 0 Å². The zero-order chi connectivity index (χ0) is 37.7. The fraction of sp³-hybridized carbons (Fsp3) is 0.429. The van der Waals surface area contributed by atoms with E-state index >= 15 is 0 Å². The van der Waals surface area contributed by atoms with E-state index in [1.807, 2.05) is 36.4 Å². The number of aromatic nitrogens is 1. The number of nitrogens with zero attached hydrogens (tertiary/aromatic N) is 3. The van der Waals surface area contributed by atoms with Crippen molar-refractivity contribution < 1.29 is 28.1 Å². The molecule has 2 fully saturated rings. The number of piperidine rings is 1.